The molecular formula is C5H12ClO2P. The van der Waals surface area contributed by atoms with E-state index in [1.54, 1.807) is 6.92 Å². The van der Waals surface area contributed by atoms with E-state index in [1.165, 1.54) is 6.66 Å². The Morgan fingerprint density at radius 2 is 2.22 bits per heavy atom. The summed E-state index contributed by atoms with van der Waals surface area (Å²) in [7, 11) is 0. The van der Waals surface area contributed by atoms with Crippen LogP contribution in [0.15, 0.2) is 0 Å². The van der Waals surface area contributed by atoms with Gasteiger partial charge in [0.2, 0.25) is 0 Å². The van der Waals surface area contributed by atoms with Gasteiger partial charge in [-0.3, -0.25) is 0 Å². The third kappa shape index (κ3) is 3.96. The molecule has 0 aromatic carbocycles. The van der Waals surface area contributed by atoms with Crippen LogP contribution < -0.4 is 0 Å². The van der Waals surface area contributed by atoms with Crippen molar-refractivity contribution in [3.8, 4) is 0 Å². The summed E-state index contributed by atoms with van der Waals surface area (Å²) in [6.45, 7) is 3.12. The SMILES string of the molecule is CCOC(C)P(C)(=O)Cl. The van der Waals surface area contributed by atoms with Crippen LogP contribution in [0.25, 0.3) is 0 Å². The lowest BCUT2D eigenvalue weighted by Gasteiger charge is -2.13. The number of halogens is 1. The monoisotopic (exact) mass is 170 g/mol. The molecule has 0 aliphatic carbocycles. The Morgan fingerprint density at radius 3 is 2.33 bits per heavy atom. The molecule has 2 nitrogen and oxygen atoms in total. The molecule has 0 fully saturated rings. The Bertz CT molecular complexity index is 120. The van der Waals surface area contributed by atoms with Crippen LogP contribution in [0.1, 0.15) is 13.8 Å². The fraction of sp³-hybridized carbons (Fsp3) is 1.00. The van der Waals surface area contributed by atoms with Crippen molar-refractivity contribution < 1.29 is 9.30 Å². The summed E-state index contributed by atoms with van der Waals surface area (Å²) in [5.74, 6) is -0.316. The second-order valence-corrected chi connectivity index (χ2v) is 6.44. The number of rotatable bonds is 3. The molecule has 56 valence electrons. The van der Waals surface area contributed by atoms with Crippen LogP contribution in [0.3, 0.4) is 0 Å². The van der Waals surface area contributed by atoms with Gasteiger partial charge in [-0.25, -0.2) is 0 Å². The molecule has 4 heteroatoms. The lowest BCUT2D eigenvalue weighted by atomic mass is 10.8. The molecule has 0 aromatic rings. The van der Waals surface area contributed by atoms with Gasteiger partial charge in [-0.05, 0) is 13.8 Å². The van der Waals surface area contributed by atoms with Gasteiger partial charge < -0.3 is 9.30 Å². The molecule has 0 bridgehead atoms. The topological polar surface area (TPSA) is 26.3 Å². The average molecular weight is 171 g/mol. The molecule has 0 aromatic heterocycles. The zero-order valence-electron chi connectivity index (χ0n) is 5.93. The maximum atomic E-state index is 10.9. The first-order valence-electron chi connectivity index (χ1n) is 2.87. The smallest absolute Gasteiger partial charge is 0.193 e. The van der Waals surface area contributed by atoms with Crippen molar-refractivity contribution in [2.75, 3.05) is 13.3 Å². The average Bonchev–Trinajstić information content (AvgIpc) is 1.64. The summed E-state index contributed by atoms with van der Waals surface area (Å²) < 4.78 is 16.0. The fourth-order valence-electron chi connectivity index (χ4n) is 0.374. The van der Waals surface area contributed by atoms with Gasteiger partial charge in [-0.15, -0.1) is 0 Å². The molecule has 2 unspecified atom stereocenters. The normalized spacial score (nSPS) is 20.9. The van der Waals surface area contributed by atoms with E-state index in [0.717, 1.165) is 0 Å². The molecule has 2 atom stereocenters. The molecule has 0 spiro atoms. The molecular weight excluding hydrogens is 158 g/mol. The van der Waals surface area contributed by atoms with Gasteiger partial charge in [-0.1, -0.05) is 11.2 Å². The Hall–Kier alpha value is 0.480. The second kappa shape index (κ2) is 3.60. The maximum absolute atomic E-state index is 10.9. The molecule has 0 N–H and O–H groups in total. The van der Waals surface area contributed by atoms with E-state index in [9.17, 15) is 4.57 Å². The molecule has 0 rings (SSSR count). The van der Waals surface area contributed by atoms with Gasteiger partial charge in [0.05, 0.1) is 0 Å². The van der Waals surface area contributed by atoms with E-state index in [1.807, 2.05) is 6.92 Å². The van der Waals surface area contributed by atoms with Crippen molar-refractivity contribution >= 4 is 17.7 Å². The Labute approximate surface area is 60.7 Å². The van der Waals surface area contributed by atoms with Gasteiger partial charge in [-0.2, -0.15) is 0 Å². The highest BCUT2D eigenvalue weighted by Crippen LogP contribution is 2.52. The molecule has 0 amide bonds. The van der Waals surface area contributed by atoms with Crippen molar-refractivity contribution in [3.05, 3.63) is 0 Å². The first kappa shape index (κ1) is 9.48. The van der Waals surface area contributed by atoms with Gasteiger partial charge in [0, 0.05) is 13.3 Å². The highest BCUT2D eigenvalue weighted by atomic mass is 35.7. The summed E-state index contributed by atoms with van der Waals surface area (Å²) in [6, 6.07) is 0. The molecule has 0 saturated heterocycles. The molecule has 0 radical (unpaired) electrons. The minimum Gasteiger partial charge on any atom is -0.370 e. The van der Waals surface area contributed by atoms with E-state index >= 15 is 0 Å². The van der Waals surface area contributed by atoms with Crippen LogP contribution in [0.5, 0.6) is 0 Å². The van der Waals surface area contributed by atoms with E-state index < -0.39 is 6.49 Å². The third-order valence-electron chi connectivity index (χ3n) is 1.06. The van der Waals surface area contributed by atoms with Crippen LogP contribution in [0.4, 0.5) is 0 Å². The van der Waals surface area contributed by atoms with Crippen molar-refractivity contribution in [2.45, 2.75) is 19.7 Å². The predicted molar refractivity (Wildman–Crippen MR) is 40.5 cm³/mol. The van der Waals surface area contributed by atoms with Crippen LogP contribution in [0, 0.1) is 0 Å². The quantitative estimate of drug-likeness (QED) is 0.609. The van der Waals surface area contributed by atoms with Crippen LogP contribution >= 0.6 is 17.7 Å². The van der Waals surface area contributed by atoms with Crippen molar-refractivity contribution in [1.29, 1.82) is 0 Å². The van der Waals surface area contributed by atoms with Crippen LogP contribution in [-0.2, 0) is 9.30 Å². The number of ether oxygens (including phenoxy) is 1. The highest BCUT2D eigenvalue weighted by molar-refractivity contribution is 7.88. The minimum absolute atomic E-state index is 0.316. The lowest BCUT2D eigenvalue weighted by molar-refractivity contribution is 0.130. The van der Waals surface area contributed by atoms with Crippen LogP contribution in [-0.4, -0.2) is 19.1 Å². The summed E-state index contributed by atoms with van der Waals surface area (Å²) in [5, 5.41) is 0. The molecule has 0 saturated carbocycles. The summed E-state index contributed by atoms with van der Waals surface area (Å²) >= 11 is 5.49. The largest absolute Gasteiger partial charge is 0.370 e. The van der Waals surface area contributed by atoms with E-state index in [-0.39, 0.29) is 5.85 Å². The Balaban J connectivity index is 3.74. The zero-order valence-corrected chi connectivity index (χ0v) is 7.58. The molecule has 0 aliphatic heterocycles. The molecule has 0 heterocycles. The Morgan fingerprint density at radius 1 is 1.78 bits per heavy atom. The van der Waals surface area contributed by atoms with Crippen LogP contribution in [0.2, 0.25) is 0 Å². The highest BCUT2D eigenvalue weighted by Gasteiger charge is 2.20. The fourth-order valence-corrected chi connectivity index (χ4v) is 0.959. The number of hydrogen-bond acceptors (Lipinski definition) is 2. The molecule has 0 aliphatic rings. The van der Waals surface area contributed by atoms with Gasteiger partial charge >= 0.3 is 0 Å². The summed E-state index contributed by atoms with van der Waals surface area (Å²) in [4.78, 5) is 0. The van der Waals surface area contributed by atoms with Gasteiger partial charge in [0.1, 0.15) is 5.85 Å². The third-order valence-corrected chi connectivity index (χ3v) is 3.33. The van der Waals surface area contributed by atoms with Crippen molar-refractivity contribution in [2.24, 2.45) is 0 Å². The predicted octanol–water partition coefficient (Wildman–Crippen LogP) is 2.52. The summed E-state index contributed by atoms with van der Waals surface area (Å²) in [5.41, 5.74) is 0. The van der Waals surface area contributed by atoms with E-state index in [2.05, 4.69) is 0 Å². The van der Waals surface area contributed by atoms with Gasteiger partial charge in [0.25, 0.3) is 0 Å². The minimum atomic E-state index is -2.52. The zero-order chi connectivity index (χ0) is 7.49. The first-order chi connectivity index (χ1) is 3.98. The number of hydrogen-bond donors (Lipinski definition) is 0. The Kier molecular flexibility index (Phi) is 3.79. The molecule has 9 heavy (non-hydrogen) atoms. The second-order valence-electron chi connectivity index (χ2n) is 1.94. The van der Waals surface area contributed by atoms with Gasteiger partial charge in [0.15, 0.2) is 6.49 Å². The first-order valence-corrected chi connectivity index (χ1v) is 5.99. The standard InChI is InChI=1S/C5H12ClO2P/c1-4-8-5(2)9(3,6)7/h5H,4H2,1-3H3. The van der Waals surface area contributed by atoms with E-state index in [0.29, 0.717) is 6.61 Å². The maximum Gasteiger partial charge on any atom is 0.193 e. The lowest BCUT2D eigenvalue weighted by Crippen LogP contribution is -2.04. The van der Waals surface area contributed by atoms with E-state index in [4.69, 9.17) is 16.0 Å². The van der Waals surface area contributed by atoms with Crippen molar-refractivity contribution in [1.82, 2.24) is 0 Å². The summed E-state index contributed by atoms with van der Waals surface area (Å²) in [6.07, 6.45) is 0. The van der Waals surface area contributed by atoms with Crippen molar-refractivity contribution in [3.63, 3.8) is 0 Å².